The number of piperazine rings is 1. The van der Waals surface area contributed by atoms with Gasteiger partial charge in [0.1, 0.15) is 0 Å². The number of hydrogen-bond acceptors (Lipinski definition) is 5. The molecule has 3 rings (SSSR count). The predicted molar refractivity (Wildman–Crippen MR) is 103 cm³/mol. The molecule has 0 amide bonds. The van der Waals surface area contributed by atoms with E-state index >= 15 is 0 Å². The van der Waals surface area contributed by atoms with Gasteiger partial charge in [0.25, 0.3) is 0 Å². The van der Waals surface area contributed by atoms with Gasteiger partial charge in [-0.05, 0) is 7.05 Å². The maximum atomic E-state index is 10.5. The number of likely N-dealkylation sites (N-methyl/N-ethyl adjacent to an activating group) is 1. The van der Waals surface area contributed by atoms with Crippen LogP contribution in [-0.2, 0) is 4.70 Å². The first-order valence-electron chi connectivity index (χ1n) is 8.56. The summed E-state index contributed by atoms with van der Waals surface area (Å²) in [5.41, 5.74) is 3.26. The van der Waals surface area contributed by atoms with Gasteiger partial charge in [-0.3, -0.25) is 0 Å². The molecular formula is C16H23B2N5O2. The number of nitrogens with one attached hydrogen (secondary N) is 1. The molecule has 2 bridgehead atoms. The van der Waals surface area contributed by atoms with Crippen LogP contribution in [0.5, 0.6) is 0 Å². The normalized spacial score (nSPS) is 23.4. The van der Waals surface area contributed by atoms with Crippen LogP contribution < -0.4 is 10.2 Å². The first-order valence-corrected chi connectivity index (χ1v) is 8.56. The van der Waals surface area contributed by atoms with Crippen LogP contribution >= 0.6 is 0 Å². The third-order valence-electron chi connectivity index (χ3n) is 4.84. The molecule has 25 heavy (non-hydrogen) atoms. The number of guanidine groups is 1. The van der Waals surface area contributed by atoms with E-state index in [-0.39, 0.29) is 5.96 Å². The second-order valence-corrected chi connectivity index (χ2v) is 6.76. The second kappa shape index (κ2) is 7.49. The van der Waals surface area contributed by atoms with Crippen LogP contribution in [0.3, 0.4) is 0 Å². The molecule has 2 aliphatic heterocycles. The van der Waals surface area contributed by atoms with Crippen molar-refractivity contribution < 1.29 is 9.73 Å². The fraction of sp³-hybridized carbons (Fsp3) is 0.500. The number of rotatable bonds is 4. The Balaban J connectivity index is 1.76. The Morgan fingerprint density at radius 3 is 2.80 bits per heavy atom. The van der Waals surface area contributed by atoms with Gasteiger partial charge in [-0.15, -0.1) is 0 Å². The molecule has 0 spiro atoms. The summed E-state index contributed by atoms with van der Waals surface area (Å²) in [6.45, 7) is 5.82. The Bertz CT molecular complexity index is 708. The van der Waals surface area contributed by atoms with E-state index in [1.54, 1.807) is 0 Å². The number of aryl methyl sites for hydroxylation is 1. The minimum absolute atomic E-state index is 0.205. The summed E-state index contributed by atoms with van der Waals surface area (Å²) in [6.07, 6.45) is 2.34. The van der Waals surface area contributed by atoms with E-state index in [0.717, 1.165) is 24.9 Å². The molecule has 2 fully saturated rings. The minimum atomic E-state index is -0.899. The number of fused-ring (bicyclic) bond motifs is 2. The van der Waals surface area contributed by atoms with Crippen LogP contribution in [0.25, 0.3) is 0 Å². The van der Waals surface area contributed by atoms with E-state index < -0.39 is 7.05 Å². The third kappa shape index (κ3) is 3.99. The summed E-state index contributed by atoms with van der Waals surface area (Å²) < 4.78 is 10.5. The van der Waals surface area contributed by atoms with Crippen LogP contribution in [0, 0.1) is 6.92 Å². The molecule has 130 valence electrons. The van der Waals surface area contributed by atoms with Crippen LogP contribution in [0.2, 0.25) is 6.82 Å². The zero-order valence-electron chi connectivity index (χ0n) is 14.9. The SMILES string of the molecule is CB(O)N=C(N=CB=O)Nc1ccc(N2CC3CC2CN3C)c(C)c1. The molecule has 1 aromatic carbocycles. The van der Waals surface area contributed by atoms with Crippen molar-refractivity contribution >= 4 is 37.6 Å². The monoisotopic (exact) mass is 339 g/mol. The summed E-state index contributed by atoms with van der Waals surface area (Å²) in [4.78, 5) is 12.8. The fourth-order valence-electron chi connectivity index (χ4n) is 3.72. The molecule has 0 radical (unpaired) electrons. The number of anilines is 2. The van der Waals surface area contributed by atoms with Crippen LogP contribution in [0.15, 0.2) is 28.1 Å². The predicted octanol–water partition coefficient (Wildman–Crippen LogP) is 0.844. The Hall–Kier alpha value is -1.99. The molecule has 2 N–H and O–H groups in total. The van der Waals surface area contributed by atoms with Crippen molar-refractivity contribution in [2.75, 3.05) is 30.4 Å². The second-order valence-electron chi connectivity index (χ2n) is 6.76. The van der Waals surface area contributed by atoms with Gasteiger partial charge in [-0.1, -0.05) is 0 Å². The van der Waals surface area contributed by atoms with Crippen LogP contribution in [0.4, 0.5) is 11.4 Å². The van der Waals surface area contributed by atoms with E-state index in [1.807, 2.05) is 12.1 Å². The van der Waals surface area contributed by atoms with Crippen molar-refractivity contribution in [3.8, 4) is 0 Å². The molecule has 2 saturated heterocycles. The Morgan fingerprint density at radius 2 is 2.24 bits per heavy atom. The Labute approximate surface area is 149 Å². The molecule has 2 aliphatic rings. The van der Waals surface area contributed by atoms with E-state index in [2.05, 4.69) is 45.1 Å². The van der Waals surface area contributed by atoms with Gasteiger partial charge < -0.3 is 0 Å². The van der Waals surface area contributed by atoms with E-state index in [9.17, 15) is 9.73 Å². The molecule has 9 heteroatoms. The van der Waals surface area contributed by atoms with Gasteiger partial charge >= 0.3 is 141 Å². The topological polar surface area (TPSA) is 80.5 Å². The molecule has 2 unspecified atom stereocenters. The molecule has 2 atom stereocenters. The molecular weight excluding hydrogens is 316 g/mol. The first kappa shape index (κ1) is 17.8. The molecule has 1 aromatic rings. The Morgan fingerprint density at radius 1 is 1.44 bits per heavy atom. The maximum absolute atomic E-state index is 10.5. The summed E-state index contributed by atoms with van der Waals surface area (Å²) in [7, 11) is 1.88. The number of aliphatic imine (C=N–C) groups is 1. The van der Waals surface area contributed by atoms with E-state index in [0.29, 0.717) is 19.2 Å². The average molecular weight is 339 g/mol. The number of likely N-dealkylation sites (tertiary alicyclic amines) is 1. The van der Waals surface area contributed by atoms with Gasteiger partial charge in [0.15, 0.2) is 0 Å². The quantitative estimate of drug-likeness (QED) is 0.483. The fourth-order valence-corrected chi connectivity index (χ4v) is 3.72. The molecule has 7 nitrogen and oxygen atoms in total. The average Bonchev–Trinajstić information content (AvgIpc) is 3.11. The summed E-state index contributed by atoms with van der Waals surface area (Å²) >= 11 is 0. The number of hydrogen-bond donors (Lipinski definition) is 2. The van der Waals surface area contributed by atoms with Gasteiger partial charge in [-0.25, -0.2) is 0 Å². The van der Waals surface area contributed by atoms with Crippen molar-refractivity contribution in [1.29, 1.82) is 0 Å². The number of benzene rings is 1. The number of nitrogens with zero attached hydrogens (tertiary/aromatic N) is 4. The first-order chi connectivity index (χ1) is 12.0. The van der Waals surface area contributed by atoms with Gasteiger partial charge in [0.05, 0.1) is 0 Å². The van der Waals surface area contributed by atoms with Gasteiger partial charge in [0.2, 0.25) is 0 Å². The van der Waals surface area contributed by atoms with Crippen molar-refractivity contribution in [2.45, 2.75) is 32.3 Å². The Kier molecular flexibility index (Phi) is 5.34. The summed E-state index contributed by atoms with van der Waals surface area (Å²) in [6, 6.07) is 7.38. The molecule has 0 aromatic heterocycles. The molecule has 0 saturated carbocycles. The van der Waals surface area contributed by atoms with Gasteiger partial charge in [0, 0.05) is 0 Å². The van der Waals surface area contributed by atoms with Crippen LogP contribution in [-0.4, -0.2) is 68.4 Å². The standard InChI is InChI=1S/C16H23B2N5O2/c1-11-6-12(20-16(19-10-17-24)21-18(2)25)4-5-15(11)23-9-13-7-14(23)8-22(13)3/h4-6,10,13-14,25H,7-9H2,1-3H3,(H,20,21). The van der Waals surface area contributed by atoms with Crippen molar-refractivity contribution in [1.82, 2.24) is 4.90 Å². The molecule has 2 heterocycles. The van der Waals surface area contributed by atoms with Gasteiger partial charge in [-0.2, -0.15) is 0 Å². The van der Waals surface area contributed by atoms with E-state index in [4.69, 9.17) is 0 Å². The zero-order chi connectivity index (χ0) is 18.0. The van der Waals surface area contributed by atoms with Crippen molar-refractivity contribution in [3.05, 3.63) is 23.8 Å². The third-order valence-corrected chi connectivity index (χ3v) is 4.84. The van der Waals surface area contributed by atoms with E-state index in [1.165, 1.54) is 24.5 Å². The zero-order valence-corrected chi connectivity index (χ0v) is 14.9. The summed E-state index contributed by atoms with van der Waals surface area (Å²) in [5, 5.41) is 12.5. The summed E-state index contributed by atoms with van der Waals surface area (Å²) in [5.74, 6) is 0.205. The molecule has 0 aliphatic carbocycles. The van der Waals surface area contributed by atoms with Crippen molar-refractivity contribution in [3.63, 3.8) is 0 Å². The van der Waals surface area contributed by atoms with Crippen LogP contribution in [0.1, 0.15) is 12.0 Å². The van der Waals surface area contributed by atoms with Crippen molar-refractivity contribution in [2.24, 2.45) is 9.90 Å².